The van der Waals surface area contributed by atoms with Crippen LogP contribution in [0.4, 0.5) is 0 Å². The molecule has 5 aromatic rings. The summed E-state index contributed by atoms with van der Waals surface area (Å²) < 4.78 is 14.2. The molecule has 7 nitrogen and oxygen atoms in total. The first kappa shape index (κ1) is 21.5. The van der Waals surface area contributed by atoms with Gasteiger partial charge in [0.25, 0.3) is 5.56 Å². The van der Waals surface area contributed by atoms with Gasteiger partial charge in [0.1, 0.15) is 5.82 Å². The van der Waals surface area contributed by atoms with Gasteiger partial charge in [-0.3, -0.25) is 4.79 Å². The van der Waals surface area contributed by atoms with E-state index < -0.39 is 0 Å². The number of hydrogen-bond donors (Lipinski definition) is 0. The van der Waals surface area contributed by atoms with Gasteiger partial charge in [0.15, 0.2) is 11.5 Å². The summed E-state index contributed by atoms with van der Waals surface area (Å²) in [5.41, 5.74) is 3.37. The first-order chi connectivity index (χ1) is 16.6. The van der Waals surface area contributed by atoms with Crippen LogP contribution in [0, 0.1) is 0 Å². The highest BCUT2D eigenvalue weighted by atomic mass is 16.5. The summed E-state index contributed by atoms with van der Waals surface area (Å²) >= 11 is 0. The number of para-hydroxylation sites is 2. The van der Waals surface area contributed by atoms with Gasteiger partial charge in [-0.05, 0) is 35.9 Å². The van der Waals surface area contributed by atoms with Crippen molar-refractivity contribution in [2.24, 2.45) is 12.1 Å². The van der Waals surface area contributed by atoms with Crippen molar-refractivity contribution in [2.75, 3.05) is 14.2 Å². The third-order valence-corrected chi connectivity index (χ3v) is 5.87. The quantitative estimate of drug-likeness (QED) is 0.359. The molecule has 0 N–H and O–H groups in total. The van der Waals surface area contributed by atoms with E-state index in [2.05, 4.69) is 11.2 Å². The number of rotatable bonds is 6. The van der Waals surface area contributed by atoms with Crippen molar-refractivity contribution in [3.63, 3.8) is 0 Å². The van der Waals surface area contributed by atoms with E-state index in [-0.39, 0.29) is 5.56 Å². The molecule has 0 unspecified atom stereocenters. The molecule has 0 atom stereocenters. The van der Waals surface area contributed by atoms with E-state index in [1.807, 2.05) is 72.4 Å². The zero-order valence-corrected chi connectivity index (χ0v) is 19.2. The molecule has 7 heteroatoms. The second-order valence-electron chi connectivity index (χ2n) is 7.99. The Labute approximate surface area is 196 Å². The third kappa shape index (κ3) is 3.81. The second-order valence-corrected chi connectivity index (χ2v) is 7.99. The van der Waals surface area contributed by atoms with Crippen molar-refractivity contribution in [2.45, 2.75) is 6.42 Å². The van der Waals surface area contributed by atoms with Gasteiger partial charge >= 0.3 is 0 Å². The zero-order valence-electron chi connectivity index (χ0n) is 19.2. The summed E-state index contributed by atoms with van der Waals surface area (Å²) in [6.07, 6.45) is 4.12. The molecule has 0 radical (unpaired) electrons. The maximum absolute atomic E-state index is 13.4. The molecule has 0 saturated heterocycles. The van der Waals surface area contributed by atoms with Crippen LogP contribution in [0.5, 0.6) is 11.5 Å². The lowest BCUT2D eigenvalue weighted by atomic mass is 10.1. The van der Waals surface area contributed by atoms with Crippen molar-refractivity contribution in [1.29, 1.82) is 0 Å². The SMILES string of the molecule is COc1ccc(Cc2nc3ccccc3c(=O)n2/N=C/c2cn(C)c3ccccc23)cc1OC. The van der Waals surface area contributed by atoms with Gasteiger partial charge in [-0.2, -0.15) is 9.78 Å². The number of ether oxygens (including phenoxy) is 2. The number of fused-ring (bicyclic) bond motifs is 2. The van der Waals surface area contributed by atoms with Crippen LogP contribution in [0.1, 0.15) is 17.0 Å². The van der Waals surface area contributed by atoms with E-state index in [1.54, 1.807) is 26.5 Å². The lowest BCUT2D eigenvalue weighted by Crippen LogP contribution is -2.22. The van der Waals surface area contributed by atoms with Crippen LogP contribution in [0.15, 0.2) is 82.8 Å². The Morgan fingerprint density at radius 3 is 2.47 bits per heavy atom. The Hall–Kier alpha value is -4.39. The largest absolute Gasteiger partial charge is 0.493 e. The Kier molecular flexibility index (Phi) is 5.59. The number of aryl methyl sites for hydroxylation is 1. The van der Waals surface area contributed by atoms with Gasteiger partial charge in [0, 0.05) is 36.1 Å². The van der Waals surface area contributed by atoms with Crippen LogP contribution < -0.4 is 15.0 Å². The fourth-order valence-corrected chi connectivity index (χ4v) is 4.17. The number of benzene rings is 3. The van der Waals surface area contributed by atoms with E-state index in [1.165, 1.54) is 4.68 Å². The predicted molar refractivity (Wildman–Crippen MR) is 134 cm³/mol. The Balaban J connectivity index is 1.63. The highest BCUT2D eigenvalue weighted by Gasteiger charge is 2.13. The van der Waals surface area contributed by atoms with Crippen molar-refractivity contribution in [3.05, 3.63) is 100 Å². The number of aromatic nitrogens is 3. The molecular weight excluding hydrogens is 428 g/mol. The van der Waals surface area contributed by atoms with Crippen molar-refractivity contribution < 1.29 is 9.47 Å². The average Bonchev–Trinajstić information content (AvgIpc) is 3.19. The summed E-state index contributed by atoms with van der Waals surface area (Å²) in [5, 5.41) is 6.20. The molecule has 2 heterocycles. The van der Waals surface area contributed by atoms with Gasteiger partial charge in [-0.1, -0.05) is 36.4 Å². The molecule has 3 aromatic carbocycles. The molecule has 0 aliphatic heterocycles. The predicted octanol–water partition coefficient (Wildman–Crippen LogP) is 4.38. The molecule has 2 aromatic heterocycles. The lowest BCUT2D eigenvalue weighted by molar-refractivity contribution is 0.354. The summed E-state index contributed by atoms with van der Waals surface area (Å²) in [6.45, 7) is 0. The maximum atomic E-state index is 13.4. The fourth-order valence-electron chi connectivity index (χ4n) is 4.17. The Bertz CT molecular complexity index is 1600. The number of hydrogen-bond acceptors (Lipinski definition) is 5. The van der Waals surface area contributed by atoms with Gasteiger partial charge in [-0.25, -0.2) is 4.98 Å². The van der Waals surface area contributed by atoms with Crippen LogP contribution in [0.3, 0.4) is 0 Å². The van der Waals surface area contributed by atoms with Crippen LogP contribution in [-0.2, 0) is 13.5 Å². The summed E-state index contributed by atoms with van der Waals surface area (Å²) in [5.74, 6) is 1.80. The Morgan fingerprint density at radius 1 is 0.941 bits per heavy atom. The summed E-state index contributed by atoms with van der Waals surface area (Å²) in [7, 11) is 5.19. The lowest BCUT2D eigenvalue weighted by Gasteiger charge is -2.12. The van der Waals surface area contributed by atoms with Gasteiger partial charge in [-0.15, -0.1) is 0 Å². The standard InChI is InChI=1S/C27H24N4O3/c1-30-17-19(20-8-5-7-11-23(20)30)16-28-31-26(29-22-10-6-4-9-21(22)27(31)32)15-18-12-13-24(33-2)25(14-18)34-3/h4-14,16-17H,15H2,1-3H3/b28-16+. The van der Waals surface area contributed by atoms with Crippen molar-refractivity contribution in [3.8, 4) is 11.5 Å². The van der Waals surface area contributed by atoms with Crippen molar-refractivity contribution >= 4 is 28.0 Å². The van der Waals surface area contributed by atoms with Crippen LogP contribution in [0.25, 0.3) is 21.8 Å². The van der Waals surface area contributed by atoms with Crippen LogP contribution >= 0.6 is 0 Å². The molecular formula is C27H24N4O3. The van der Waals surface area contributed by atoms with E-state index in [4.69, 9.17) is 14.5 Å². The highest BCUT2D eigenvalue weighted by molar-refractivity contribution is 5.99. The van der Waals surface area contributed by atoms with E-state index >= 15 is 0 Å². The molecule has 0 amide bonds. The molecule has 0 fully saturated rings. The average molecular weight is 453 g/mol. The number of nitrogens with zero attached hydrogens (tertiary/aromatic N) is 4. The molecule has 0 saturated carbocycles. The minimum Gasteiger partial charge on any atom is -0.493 e. The minimum atomic E-state index is -0.211. The molecule has 0 bridgehead atoms. The van der Waals surface area contributed by atoms with Crippen molar-refractivity contribution in [1.82, 2.24) is 14.2 Å². The van der Waals surface area contributed by atoms with Gasteiger partial charge < -0.3 is 14.0 Å². The first-order valence-electron chi connectivity index (χ1n) is 10.9. The summed E-state index contributed by atoms with van der Waals surface area (Å²) in [4.78, 5) is 18.2. The Morgan fingerprint density at radius 2 is 1.68 bits per heavy atom. The van der Waals surface area contributed by atoms with Gasteiger partial charge in [0.2, 0.25) is 0 Å². The highest BCUT2D eigenvalue weighted by Crippen LogP contribution is 2.28. The molecule has 0 spiro atoms. The molecule has 5 rings (SSSR count). The fraction of sp³-hybridized carbons (Fsp3) is 0.148. The van der Waals surface area contributed by atoms with E-state index in [9.17, 15) is 4.79 Å². The normalized spacial score (nSPS) is 11.5. The molecule has 170 valence electrons. The molecule has 0 aliphatic carbocycles. The smallest absolute Gasteiger partial charge is 0.282 e. The third-order valence-electron chi connectivity index (χ3n) is 5.87. The molecule has 0 aliphatic rings. The second kappa shape index (κ2) is 8.86. The summed E-state index contributed by atoms with van der Waals surface area (Å²) in [6, 6.07) is 21.1. The van der Waals surface area contributed by atoms with Crippen LogP contribution in [0.2, 0.25) is 0 Å². The first-order valence-corrected chi connectivity index (χ1v) is 10.9. The monoisotopic (exact) mass is 452 g/mol. The topological polar surface area (TPSA) is 70.6 Å². The minimum absolute atomic E-state index is 0.211. The molecule has 34 heavy (non-hydrogen) atoms. The van der Waals surface area contributed by atoms with E-state index in [0.717, 1.165) is 22.0 Å². The zero-order chi connectivity index (χ0) is 23.7. The van der Waals surface area contributed by atoms with Gasteiger partial charge in [0.05, 0.1) is 31.3 Å². The maximum Gasteiger partial charge on any atom is 0.282 e. The van der Waals surface area contributed by atoms with Crippen LogP contribution in [-0.4, -0.2) is 34.7 Å². The van der Waals surface area contributed by atoms with E-state index in [0.29, 0.717) is 34.6 Å². The number of methoxy groups -OCH3 is 2.